The highest BCUT2D eigenvalue weighted by Gasteiger charge is 2.34. The van der Waals surface area contributed by atoms with Crippen molar-refractivity contribution in [3.05, 3.63) is 35.9 Å². The summed E-state index contributed by atoms with van der Waals surface area (Å²) in [4.78, 5) is 7.14. The maximum absolute atomic E-state index is 6.15. The van der Waals surface area contributed by atoms with Gasteiger partial charge in [0.25, 0.3) is 0 Å². The fourth-order valence-electron chi connectivity index (χ4n) is 4.32. The van der Waals surface area contributed by atoms with E-state index in [4.69, 9.17) is 15.5 Å². The third-order valence-electron chi connectivity index (χ3n) is 6.00. The zero-order valence-corrected chi connectivity index (χ0v) is 17.3. The summed E-state index contributed by atoms with van der Waals surface area (Å²) in [6, 6.07) is 11.0. The van der Waals surface area contributed by atoms with E-state index in [-0.39, 0.29) is 5.54 Å². The summed E-state index contributed by atoms with van der Waals surface area (Å²) in [5, 5.41) is 7.16. The summed E-state index contributed by atoms with van der Waals surface area (Å²) < 4.78 is 5.39. The number of nitrogens with one attached hydrogen (secondary N) is 2. The van der Waals surface area contributed by atoms with Crippen molar-refractivity contribution in [3.63, 3.8) is 0 Å². The molecule has 1 aliphatic carbocycles. The first-order valence-electron chi connectivity index (χ1n) is 10.8. The van der Waals surface area contributed by atoms with Gasteiger partial charge in [-0.3, -0.25) is 9.89 Å². The Bertz CT molecular complexity index is 594. The monoisotopic (exact) mass is 387 g/mol. The van der Waals surface area contributed by atoms with Gasteiger partial charge in [0.15, 0.2) is 5.96 Å². The molecular weight excluding hydrogens is 350 g/mol. The predicted molar refractivity (Wildman–Crippen MR) is 116 cm³/mol. The number of hydrogen-bond acceptors (Lipinski definition) is 4. The lowest BCUT2D eigenvalue weighted by molar-refractivity contribution is 0.0376. The molecule has 1 unspecified atom stereocenters. The Labute approximate surface area is 169 Å². The summed E-state index contributed by atoms with van der Waals surface area (Å²) in [6.45, 7) is 8.73. The van der Waals surface area contributed by atoms with Crippen molar-refractivity contribution in [3.8, 4) is 0 Å². The smallest absolute Gasteiger partial charge is 0.188 e. The molecule has 1 aromatic carbocycles. The van der Waals surface area contributed by atoms with Crippen LogP contribution in [0.2, 0.25) is 0 Å². The van der Waals surface area contributed by atoms with E-state index in [0.29, 0.717) is 12.0 Å². The second-order valence-corrected chi connectivity index (χ2v) is 8.20. The van der Waals surface area contributed by atoms with Crippen LogP contribution in [0.15, 0.2) is 35.3 Å². The maximum atomic E-state index is 6.15. The molecule has 1 saturated heterocycles. The Balaban J connectivity index is 1.43. The van der Waals surface area contributed by atoms with Crippen LogP contribution in [0.1, 0.15) is 50.6 Å². The van der Waals surface area contributed by atoms with E-state index < -0.39 is 0 Å². The summed E-state index contributed by atoms with van der Waals surface area (Å²) in [6.07, 6.45) is 5.93. The van der Waals surface area contributed by atoms with Crippen molar-refractivity contribution < 1.29 is 4.74 Å². The number of guanidine groups is 1. The average Bonchev–Trinajstić information content (AvgIpc) is 3.20. The van der Waals surface area contributed by atoms with Gasteiger partial charge in [0.2, 0.25) is 0 Å². The van der Waals surface area contributed by atoms with Crippen LogP contribution in [0.5, 0.6) is 0 Å². The van der Waals surface area contributed by atoms with Gasteiger partial charge < -0.3 is 21.1 Å². The van der Waals surface area contributed by atoms with Gasteiger partial charge in [-0.15, -0.1) is 0 Å². The Morgan fingerprint density at radius 3 is 2.64 bits per heavy atom. The molecule has 4 N–H and O–H groups in total. The molecule has 1 atom stereocenters. The molecule has 6 heteroatoms. The quantitative estimate of drug-likeness (QED) is 0.344. The van der Waals surface area contributed by atoms with Crippen molar-refractivity contribution in [2.45, 2.75) is 50.6 Å². The molecule has 28 heavy (non-hydrogen) atoms. The number of nitrogens with zero attached hydrogens (tertiary/aromatic N) is 2. The molecule has 0 aromatic heterocycles. The van der Waals surface area contributed by atoms with E-state index in [1.54, 1.807) is 0 Å². The van der Waals surface area contributed by atoms with Crippen molar-refractivity contribution in [1.29, 1.82) is 0 Å². The van der Waals surface area contributed by atoms with Gasteiger partial charge in [-0.2, -0.15) is 0 Å². The van der Waals surface area contributed by atoms with Crippen LogP contribution >= 0.6 is 0 Å². The number of aliphatic imine (C=N–C) groups is 1. The molecule has 0 spiro atoms. The largest absolute Gasteiger partial charge is 0.379 e. The molecule has 6 nitrogen and oxygen atoms in total. The molecule has 3 rings (SSSR count). The molecular formula is C22H37N5O. The lowest BCUT2D eigenvalue weighted by Gasteiger charge is -2.33. The van der Waals surface area contributed by atoms with E-state index in [2.05, 4.69) is 52.8 Å². The van der Waals surface area contributed by atoms with E-state index in [0.717, 1.165) is 65.2 Å². The zero-order chi connectivity index (χ0) is 19.7. The highest BCUT2D eigenvalue weighted by molar-refractivity contribution is 5.77. The number of nitrogens with two attached hydrogens (primary N) is 1. The van der Waals surface area contributed by atoms with Crippen LogP contribution in [-0.4, -0.2) is 62.3 Å². The Kier molecular flexibility index (Phi) is 8.13. The zero-order valence-electron chi connectivity index (χ0n) is 17.3. The van der Waals surface area contributed by atoms with Crippen LogP contribution < -0.4 is 16.4 Å². The highest BCUT2D eigenvalue weighted by Crippen LogP contribution is 2.32. The summed E-state index contributed by atoms with van der Waals surface area (Å²) in [5.74, 6) is 0.572. The number of hydrogen-bond donors (Lipinski definition) is 3. The third-order valence-corrected chi connectivity index (χ3v) is 6.00. The van der Waals surface area contributed by atoms with Crippen LogP contribution in [0.3, 0.4) is 0 Å². The first-order valence-corrected chi connectivity index (χ1v) is 10.8. The molecule has 156 valence electrons. The molecule has 1 heterocycles. The summed E-state index contributed by atoms with van der Waals surface area (Å²) in [7, 11) is 0. The van der Waals surface area contributed by atoms with Crippen LogP contribution in [0.25, 0.3) is 0 Å². The van der Waals surface area contributed by atoms with Gasteiger partial charge in [0.05, 0.1) is 19.8 Å². The molecule has 0 radical (unpaired) electrons. The average molecular weight is 388 g/mol. The lowest BCUT2D eigenvalue weighted by atomic mass is 9.95. The highest BCUT2D eigenvalue weighted by atomic mass is 16.5. The van der Waals surface area contributed by atoms with Gasteiger partial charge in [-0.05, 0) is 38.3 Å². The normalized spacial score (nSPS) is 21.5. The van der Waals surface area contributed by atoms with Crippen molar-refractivity contribution in [1.82, 2.24) is 15.5 Å². The van der Waals surface area contributed by atoms with Gasteiger partial charge in [0, 0.05) is 31.2 Å². The standard InChI is InChI=1S/C22H37N5O/c1-19(20-8-3-2-4-9-20)26-22(10-5-6-11-22)18-25-21(23)24-12-7-13-27-14-16-28-17-15-27/h2-4,8-9,19,26H,5-7,10-18H2,1H3,(H3,23,24,25). The molecule has 0 bridgehead atoms. The number of morpholine rings is 1. The number of ether oxygens (including phenoxy) is 1. The van der Waals surface area contributed by atoms with E-state index in [9.17, 15) is 0 Å². The van der Waals surface area contributed by atoms with E-state index in [1.165, 1.54) is 18.4 Å². The minimum Gasteiger partial charge on any atom is -0.379 e. The third kappa shape index (κ3) is 6.47. The SMILES string of the molecule is CC(NC1(CN=C(N)NCCCN2CCOCC2)CCCC1)c1ccccc1. The van der Waals surface area contributed by atoms with E-state index >= 15 is 0 Å². The Morgan fingerprint density at radius 1 is 1.21 bits per heavy atom. The van der Waals surface area contributed by atoms with Crippen molar-refractivity contribution in [2.24, 2.45) is 10.7 Å². The summed E-state index contributed by atoms with van der Waals surface area (Å²) in [5.41, 5.74) is 7.54. The molecule has 2 aliphatic rings. The minimum atomic E-state index is 0.0648. The molecule has 2 fully saturated rings. The van der Waals surface area contributed by atoms with Crippen molar-refractivity contribution in [2.75, 3.05) is 45.9 Å². The lowest BCUT2D eigenvalue weighted by Crippen LogP contribution is -2.47. The second-order valence-electron chi connectivity index (χ2n) is 8.20. The molecule has 1 aromatic rings. The minimum absolute atomic E-state index is 0.0648. The summed E-state index contributed by atoms with van der Waals surface area (Å²) >= 11 is 0. The maximum Gasteiger partial charge on any atom is 0.188 e. The predicted octanol–water partition coefficient (Wildman–Crippen LogP) is 2.28. The Hall–Kier alpha value is -1.63. The number of rotatable bonds is 9. The fraction of sp³-hybridized carbons (Fsp3) is 0.682. The first-order chi connectivity index (χ1) is 13.7. The van der Waals surface area contributed by atoms with Crippen LogP contribution in [0, 0.1) is 0 Å². The van der Waals surface area contributed by atoms with Gasteiger partial charge in [-0.1, -0.05) is 43.2 Å². The molecule has 1 aliphatic heterocycles. The van der Waals surface area contributed by atoms with Gasteiger partial charge in [-0.25, -0.2) is 0 Å². The van der Waals surface area contributed by atoms with Gasteiger partial charge >= 0.3 is 0 Å². The second kappa shape index (κ2) is 10.8. The van der Waals surface area contributed by atoms with Crippen LogP contribution in [-0.2, 0) is 4.74 Å². The topological polar surface area (TPSA) is 74.9 Å². The van der Waals surface area contributed by atoms with Crippen LogP contribution in [0.4, 0.5) is 0 Å². The van der Waals surface area contributed by atoms with Gasteiger partial charge in [0.1, 0.15) is 0 Å². The van der Waals surface area contributed by atoms with E-state index in [1.807, 2.05) is 0 Å². The number of benzene rings is 1. The fourth-order valence-corrected chi connectivity index (χ4v) is 4.32. The molecule has 1 saturated carbocycles. The molecule has 0 amide bonds. The van der Waals surface area contributed by atoms with Crippen molar-refractivity contribution >= 4 is 5.96 Å². The Morgan fingerprint density at radius 2 is 1.93 bits per heavy atom. The first kappa shape index (κ1) is 21.1.